The van der Waals surface area contributed by atoms with Crippen molar-refractivity contribution < 1.29 is 9.59 Å². The fraction of sp³-hybridized carbons (Fsp3) is 0.360. The van der Waals surface area contributed by atoms with Crippen molar-refractivity contribution in [3.63, 3.8) is 0 Å². The van der Waals surface area contributed by atoms with Crippen LogP contribution in [0.4, 0.5) is 0 Å². The van der Waals surface area contributed by atoms with Crippen molar-refractivity contribution in [1.29, 1.82) is 0 Å². The fourth-order valence-electron chi connectivity index (χ4n) is 4.32. The number of carbonyl (C=O) groups is 2. The average molecular weight is 534 g/mol. The highest BCUT2D eigenvalue weighted by atomic mass is 79.9. The number of benzene rings is 2. The molecule has 32 heavy (non-hydrogen) atoms. The van der Waals surface area contributed by atoms with Gasteiger partial charge in [0, 0.05) is 27.3 Å². The third kappa shape index (κ3) is 5.97. The molecule has 4 rings (SSSR count). The van der Waals surface area contributed by atoms with E-state index in [4.69, 9.17) is 11.6 Å². The summed E-state index contributed by atoms with van der Waals surface area (Å²) in [5, 5.41) is 4.03. The summed E-state index contributed by atoms with van der Waals surface area (Å²) in [6, 6.07) is 15.7. The molecule has 1 aliphatic carbocycles. The topological polar surface area (TPSA) is 49.4 Å². The highest BCUT2D eigenvalue weighted by Gasteiger charge is 2.41. The number of rotatable bonds is 6. The Morgan fingerprint density at radius 3 is 2.75 bits per heavy atom. The maximum absolute atomic E-state index is 13.4. The molecule has 1 aliphatic heterocycles. The van der Waals surface area contributed by atoms with E-state index in [1.807, 2.05) is 59.5 Å². The molecule has 0 bridgehead atoms. The van der Waals surface area contributed by atoms with E-state index in [0.717, 1.165) is 46.2 Å². The van der Waals surface area contributed by atoms with Gasteiger partial charge in [-0.25, -0.2) is 0 Å². The van der Waals surface area contributed by atoms with Gasteiger partial charge in [0.1, 0.15) is 6.54 Å². The van der Waals surface area contributed by atoms with Gasteiger partial charge in [-0.2, -0.15) is 0 Å². The quantitative estimate of drug-likeness (QED) is 0.486. The van der Waals surface area contributed by atoms with Gasteiger partial charge >= 0.3 is 0 Å². The largest absolute Gasteiger partial charge is 0.354 e. The summed E-state index contributed by atoms with van der Waals surface area (Å²) in [5.74, 6) is -0.142. The van der Waals surface area contributed by atoms with Crippen molar-refractivity contribution in [3.05, 3.63) is 74.1 Å². The highest BCUT2D eigenvalue weighted by molar-refractivity contribution is 9.10. The van der Waals surface area contributed by atoms with Crippen LogP contribution >= 0.6 is 39.3 Å². The van der Waals surface area contributed by atoms with E-state index < -0.39 is 0 Å². The summed E-state index contributed by atoms with van der Waals surface area (Å²) in [6.07, 6.45) is 7.00. The molecule has 2 aromatic rings. The second kappa shape index (κ2) is 10.9. The monoisotopic (exact) mass is 532 g/mol. The average Bonchev–Trinajstić information content (AvgIpc) is 2.78. The second-order valence-electron chi connectivity index (χ2n) is 8.23. The lowest BCUT2D eigenvalue weighted by Gasteiger charge is -2.43. The standard InChI is InChI=1S/C25H26BrClN2O2S/c26-19-5-3-4-18(14-19)15-23-25(31)29(21-6-1-2-7-22(21)32-23)16-24(30)28-13-12-17-8-10-20(27)11-9-17/h3-5,8-11,14-15,21-22H,1-2,6-7,12-13,16H2,(H,28,30)/b23-15+. The van der Waals surface area contributed by atoms with Crippen LogP contribution in [0, 0.1) is 0 Å². The van der Waals surface area contributed by atoms with Crippen molar-refractivity contribution in [1.82, 2.24) is 10.2 Å². The Balaban J connectivity index is 1.43. The van der Waals surface area contributed by atoms with Crippen LogP contribution in [-0.2, 0) is 16.0 Å². The Kier molecular flexibility index (Phi) is 7.98. The number of fused-ring (bicyclic) bond motifs is 1. The van der Waals surface area contributed by atoms with Crippen LogP contribution in [-0.4, -0.2) is 41.1 Å². The maximum Gasteiger partial charge on any atom is 0.261 e. The van der Waals surface area contributed by atoms with E-state index in [-0.39, 0.29) is 24.4 Å². The predicted molar refractivity (Wildman–Crippen MR) is 136 cm³/mol. The van der Waals surface area contributed by atoms with Crippen molar-refractivity contribution in [3.8, 4) is 0 Å². The van der Waals surface area contributed by atoms with E-state index in [1.54, 1.807) is 11.8 Å². The number of halogens is 2. The van der Waals surface area contributed by atoms with E-state index >= 15 is 0 Å². The van der Waals surface area contributed by atoms with E-state index in [1.165, 1.54) is 6.42 Å². The van der Waals surface area contributed by atoms with E-state index in [9.17, 15) is 9.59 Å². The molecule has 1 N–H and O–H groups in total. The van der Waals surface area contributed by atoms with Gasteiger partial charge in [0.2, 0.25) is 5.91 Å². The Morgan fingerprint density at radius 1 is 1.19 bits per heavy atom. The molecular formula is C25H26BrClN2O2S. The molecule has 0 radical (unpaired) electrons. The fourth-order valence-corrected chi connectivity index (χ4v) is 6.33. The molecule has 4 nitrogen and oxygen atoms in total. The van der Waals surface area contributed by atoms with Gasteiger partial charge < -0.3 is 10.2 Å². The van der Waals surface area contributed by atoms with Crippen LogP contribution in [0.25, 0.3) is 6.08 Å². The normalized spacial score (nSPS) is 22.0. The lowest BCUT2D eigenvalue weighted by atomic mass is 9.93. The SMILES string of the molecule is O=C(CN1C(=O)/C(=C\c2cccc(Br)c2)SC2CCCCC21)NCCc1ccc(Cl)cc1. The molecule has 1 saturated carbocycles. The molecule has 168 valence electrons. The third-order valence-corrected chi connectivity index (χ3v) is 8.07. The van der Waals surface area contributed by atoms with E-state index in [0.29, 0.717) is 16.8 Å². The van der Waals surface area contributed by atoms with Crippen molar-refractivity contribution >= 4 is 57.2 Å². The van der Waals surface area contributed by atoms with Gasteiger partial charge in [-0.1, -0.05) is 64.6 Å². The second-order valence-corrected chi connectivity index (χ2v) is 10.9. The molecule has 7 heteroatoms. The number of hydrogen-bond donors (Lipinski definition) is 1. The zero-order chi connectivity index (χ0) is 22.5. The van der Waals surface area contributed by atoms with E-state index in [2.05, 4.69) is 21.2 Å². The number of nitrogens with one attached hydrogen (secondary N) is 1. The third-order valence-electron chi connectivity index (χ3n) is 5.93. The summed E-state index contributed by atoms with van der Waals surface area (Å²) in [5.41, 5.74) is 2.10. The van der Waals surface area contributed by atoms with Crippen molar-refractivity contribution in [2.75, 3.05) is 13.1 Å². The molecule has 2 fully saturated rings. The molecule has 1 saturated heterocycles. The van der Waals surface area contributed by atoms with Crippen LogP contribution in [0.5, 0.6) is 0 Å². The molecule has 0 aromatic heterocycles. The summed E-state index contributed by atoms with van der Waals surface area (Å²) in [4.78, 5) is 28.6. The highest BCUT2D eigenvalue weighted by Crippen LogP contribution is 2.42. The Morgan fingerprint density at radius 2 is 1.97 bits per heavy atom. The van der Waals surface area contributed by atoms with Crippen molar-refractivity contribution in [2.24, 2.45) is 0 Å². The first-order chi connectivity index (χ1) is 15.5. The number of hydrogen-bond acceptors (Lipinski definition) is 3. The molecule has 2 unspecified atom stereocenters. The Bertz CT molecular complexity index is 1010. The number of thioether (sulfide) groups is 1. The number of nitrogens with zero attached hydrogens (tertiary/aromatic N) is 1. The first-order valence-electron chi connectivity index (χ1n) is 11.0. The maximum atomic E-state index is 13.4. The summed E-state index contributed by atoms with van der Waals surface area (Å²) < 4.78 is 0.979. The van der Waals surface area contributed by atoms with Crippen LogP contribution in [0.2, 0.25) is 5.02 Å². The van der Waals surface area contributed by atoms with Crippen LogP contribution in [0.15, 0.2) is 57.9 Å². The van der Waals surface area contributed by atoms with Gasteiger partial charge in [-0.15, -0.1) is 11.8 Å². The lowest BCUT2D eigenvalue weighted by Crippen LogP contribution is -2.54. The minimum atomic E-state index is -0.106. The van der Waals surface area contributed by atoms with Crippen molar-refractivity contribution in [2.45, 2.75) is 43.4 Å². The van der Waals surface area contributed by atoms with Crippen LogP contribution in [0.1, 0.15) is 36.8 Å². The predicted octanol–water partition coefficient (Wildman–Crippen LogP) is 5.69. The smallest absolute Gasteiger partial charge is 0.261 e. The molecule has 2 aliphatic rings. The minimum absolute atomic E-state index is 0.0361. The number of carbonyl (C=O) groups excluding carboxylic acids is 2. The number of amides is 2. The molecule has 2 aromatic carbocycles. The first-order valence-corrected chi connectivity index (χ1v) is 13.0. The molecule has 1 heterocycles. The van der Waals surface area contributed by atoms with Gasteiger partial charge in [0.05, 0.1) is 4.91 Å². The molecule has 2 amide bonds. The molecule has 0 spiro atoms. The van der Waals surface area contributed by atoms with Crippen LogP contribution < -0.4 is 5.32 Å². The van der Waals surface area contributed by atoms with Gasteiger partial charge in [-0.05, 0) is 60.7 Å². The Labute approximate surface area is 206 Å². The van der Waals surface area contributed by atoms with Gasteiger partial charge in [0.25, 0.3) is 5.91 Å². The molecule has 2 atom stereocenters. The van der Waals surface area contributed by atoms with Gasteiger partial charge in [0.15, 0.2) is 0 Å². The van der Waals surface area contributed by atoms with Gasteiger partial charge in [-0.3, -0.25) is 9.59 Å². The summed E-state index contributed by atoms with van der Waals surface area (Å²) in [7, 11) is 0. The summed E-state index contributed by atoms with van der Waals surface area (Å²) >= 11 is 11.1. The van der Waals surface area contributed by atoms with Crippen LogP contribution in [0.3, 0.4) is 0 Å². The minimum Gasteiger partial charge on any atom is -0.354 e. The lowest BCUT2D eigenvalue weighted by molar-refractivity contribution is -0.135. The molecular weight excluding hydrogens is 508 g/mol. The zero-order valence-electron chi connectivity index (χ0n) is 17.7. The summed E-state index contributed by atoms with van der Waals surface area (Å²) in [6.45, 7) is 0.642. The Hall–Kier alpha value is -1.76. The zero-order valence-corrected chi connectivity index (χ0v) is 20.9. The first kappa shape index (κ1) is 23.4.